The van der Waals surface area contributed by atoms with Gasteiger partial charge in [-0.1, -0.05) is 49.9 Å². The lowest BCUT2D eigenvalue weighted by molar-refractivity contribution is -0.113. The lowest BCUT2D eigenvalue weighted by atomic mass is 10.0. The molecule has 4 aromatic rings. The van der Waals surface area contributed by atoms with Crippen LogP contribution in [0.1, 0.15) is 30.9 Å². The molecular formula is C24H22FN3O2S2. The van der Waals surface area contributed by atoms with Crippen molar-refractivity contribution >= 4 is 44.9 Å². The summed E-state index contributed by atoms with van der Waals surface area (Å²) in [5.74, 6) is 0.0180. The summed E-state index contributed by atoms with van der Waals surface area (Å²) in [5, 5.41) is 5.16. The van der Waals surface area contributed by atoms with E-state index in [4.69, 9.17) is 0 Å². The summed E-state index contributed by atoms with van der Waals surface area (Å²) in [6.45, 7) is 4.49. The lowest BCUT2D eigenvalue weighted by Crippen LogP contribution is -2.24. The van der Waals surface area contributed by atoms with Gasteiger partial charge in [0.05, 0.1) is 17.8 Å². The fraction of sp³-hybridized carbons (Fsp3) is 0.208. The van der Waals surface area contributed by atoms with Gasteiger partial charge >= 0.3 is 0 Å². The summed E-state index contributed by atoms with van der Waals surface area (Å²) < 4.78 is 15.4. The van der Waals surface area contributed by atoms with Crippen molar-refractivity contribution in [1.82, 2.24) is 9.55 Å². The number of amides is 1. The van der Waals surface area contributed by atoms with Gasteiger partial charge in [-0.3, -0.25) is 14.2 Å². The largest absolute Gasteiger partial charge is 0.325 e. The Balaban J connectivity index is 1.53. The molecule has 0 aliphatic carbocycles. The van der Waals surface area contributed by atoms with Crippen LogP contribution in [-0.4, -0.2) is 21.2 Å². The van der Waals surface area contributed by atoms with Gasteiger partial charge in [-0.2, -0.15) is 0 Å². The zero-order chi connectivity index (χ0) is 22.7. The van der Waals surface area contributed by atoms with Crippen LogP contribution in [0.15, 0.2) is 69.9 Å². The van der Waals surface area contributed by atoms with E-state index in [0.29, 0.717) is 21.3 Å². The number of nitrogens with one attached hydrogen (secondary N) is 1. The summed E-state index contributed by atoms with van der Waals surface area (Å²) in [7, 11) is 0. The van der Waals surface area contributed by atoms with E-state index < -0.39 is 0 Å². The van der Waals surface area contributed by atoms with Crippen LogP contribution < -0.4 is 10.9 Å². The van der Waals surface area contributed by atoms with Gasteiger partial charge in [-0.25, -0.2) is 9.37 Å². The fourth-order valence-corrected chi connectivity index (χ4v) is 4.80. The van der Waals surface area contributed by atoms with Crippen LogP contribution in [0.4, 0.5) is 10.1 Å². The summed E-state index contributed by atoms with van der Waals surface area (Å²) in [6, 6.07) is 15.6. The average molecular weight is 468 g/mol. The maximum absolute atomic E-state index is 13.3. The molecular weight excluding hydrogens is 445 g/mol. The van der Waals surface area contributed by atoms with E-state index in [1.54, 1.807) is 22.8 Å². The summed E-state index contributed by atoms with van der Waals surface area (Å²) in [5.41, 5.74) is 3.16. The fourth-order valence-electron chi connectivity index (χ4n) is 3.22. The molecule has 164 valence electrons. The Bertz CT molecular complexity index is 1300. The van der Waals surface area contributed by atoms with Crippen LogP contribution in [0.5, 0.6) is 0 Å². The van der Waals surface area contributed by atoms with Gasteiger partial charge in [0.15, 0.2) is 5.16 Å². The second-order valence-electron chi connectivity index (χ2n) is 7.66. The monoisotopic (exact) mass is 467 g/mol. The first kappa shape index (κ1) is 22.2. The van der Waals surface area contributed by atoms with E-state index in [9.17, 15) is 14.0 Å². The molecule has 0 aliphatic heterocycles. The van der Waals surface area contributed by atoms with Crippen molar-refractivity contribution in [3.8, 4) is 0 Å². The first-order valence-electron chi connectivity index (χ1n) is 10.2. The molecule has 1 N–H and O–H groups in total. The number of thioether (sulfide) groups is 1. The minimum absolute atomic E-state index is 0.109. The molecule has 4 rings (SSSR count). The molecule has 8 heteroatoms. The minimum Gasteiger partial charge on any atom is -0.325 e. The first-order chi connectivity index (χ1) is 15.4. The number of benzene rings is 2. The van der Waals surface area contributed by atoms with Crippen LogP contribution in [0.2, 0.25) is 0 Å². The number of rotatable bonds is 7. The van der Waals surface area contributed by atoms with Crippen molar-refractivity contribution in [2.24, 2.45) is 0 Å². The predicted molar refractivity (Wildman–Crippen MR) is 129 cm³/mol. The summed E-state index contributed by atoms with van der Waals surface area (Å²) in [4.78, 5) is 30.2. The Morgan fingerprint density at radius 1 is 1.12 bits per heavy atom. The number of carbonyl (C=O) groups excluding carboxylic acids is 1. The molecule has 0 unspecified atom stereocenters. The minimum atomic E-state index is -0.333. The van der Waals surface area contributed by atoms with Crippen molar-refractivity contribution < 1.29 is 9.18 Å². The molecule has 0 spiro atoms. The van der Waals surface area contributed by atoms with Crippen LogP contribution >= 0.6 is 23.1 Å². The number of fused-ring (bicyclic) bond motifs is 1. The molecule has 5 nitrogen and oxygen atoms in total. The highest BCUT2D eigenvalue weighted by Gasteiger charge is 2.15. The summed E-state index contributed by atoms with van der Waals surface area (Å²) in [6.07, 6.45) is 0. The van der Waals surface area contributed by atoms with Crippen molar-refractivity contribution in [2.45, 2.75) is 31.5 Å². The van der Waals surface area contributed by atoms with E-state index in [-0.39, 0.29) is 29.6 Å². The van der Waals surface area contributed by atoms with Crippen LogP contribution in [0.3, 0.4) is 0 Å². The van der Waals surface area contributed by atoms with Gasteiger partial charge in [0.1, 0.15) is 10.5 Å². The molecule has 0 radical (unpaired) electrons. The topological polar surface area (TPSA) is 64.0 Å². The second-order valence-corrected chi connectivity index (χ2v) is 9.52. The molecule has 32 heavy (non-hydrogen) atoms. The van der Waals surface area contributed by atoms with Gasteiger partial charge in [0, 0.05) is 5.69 Å². The molecule has 0 aliphatic rings. The molecule has 0 saturated carbocycles. The molecule has 0 saturated heterocycles. The highest BCUT2D eigenvalue weighted by atomic mass is 32.2. The van der Waals surface area contributed by atoms with Gasteiger partial charge < -0.3 is 5.32 Å². The molecule has 0 atom stereocenters. The van der Waals surface area contributed by atoms with Gasteiger partial charge in [-0.05, 0) is 52.8 Å². The highest BCUT2D eigenvalue weighted by Crippen LogP contribution is 2.23. The van der Waals surface area contributed by atoms with Crippen molar-refractivity contribution in [3.05, 3.63) is 87.3 Å². The van der Waals surface area contributed by atoms with Crippen molar-refractivity contribution in [1.29, 1.82) is 0 Å². The number of anilines is 1. The standard InChI is InChI=1S/C24H22FN3O2S2/c1-15(2)17-5-9-19(10-6-17)26-21(29)14-32-24-27-20-11-12-31-22(20)23(30)28(24)13-16-3-7-18(25)8-4-16/h3-12,15H,13-14H2,1-2H3,(H,26,29). The number of carbonyl (C=O) groups is 1. The quantitative estimate of drug-likeness (QED) is 0.288. The van der Waals surface area contributed by atoms with E-state index in [2.05, 4.69) is 24.1 Å². The maximum atomic E-state index is 13.3. The number of thiophene rings is 1. The molecule has 1 amide bonds. The Morgan fingerprint density at radius 3 is 2.53 bits per heavy atom. The van der Waals surface area contributed by atoms with E-state index in [0.717, 1.165) is 11.3 Å². The Labute approximate surface area is 193 Å². The SMILES string of the molecule is CC(C)c1ccc(NC(=O)CSc2nc3ccsc3c(=O)n2Cc2ccc(F)cc2)cc1. The zero-order valence-electron chi connectivity index (χ0n) is 17.7. The average Bonchev–Trinajstić information content (AvgIpc) is 3.25. The first-order valence-corrected chi connectivity index (χ1v) is 12.0. The lowest BCUT2D eigenvalue weighted by Gasteiger charge is -2.12. The van der Waals surface area contributed by atoms with Gasteiger partial charge in [0.2, 0.25) is 5.91 Å². The van der Waals surface area contributed by atoms with E-state index in [1.165, 1.54) is 40.8 Å². The smallest absolute Gasteiger partial charge is 0.272 e. The second kappa shape index (κ2) is 9.67. The molecule has 2 heterocycles. The van der Waals surface area contributed by atoms with Gasteiger partial charge in [0.25, 0.3) is 5.56 Å². The number of nitrogens with zero attached hydrogens (tertiary/aromatic N) is 2. The molecule has 2 aromatic carbocycles. The zero-order valence-corrected chi connectivity index (χ0v) is 19.3. The Hall–Kier alpha value is -2.97. The third-order valence-electron chi connectivity index (χ3n) is 4.98. The van der Waals surface area contributed by atoms with Crippen molar-refractivity contribution in [3.63, 3.8) is 0 Å². The Kier molecular flexibility index (Phi) is 6.72. The third-order valence-corrected chi connectivity index (χ3v) is 6.85. The van der Waals surface area contributed by atoms with Crippen LogP contribution in [0.25, 0.3) is 10.2 Å². The normalized spacial score (nSPS) is 11.2. The van der Waals surface area contributed by atoms with E-state index in [1.807, 2.05) is 29.6 Å². The third kappa shape index (κ3) is 5.08. The van der Waals surface area contributed by atoms with Crippen LogP contribution in [-0.2, 0) is 11.3 Å². The number of hydrogen-bond acceptors (Lipinski definition) is 5. The van der Waals surface area contributed by atoms with Crippen molar-refractivity contribution in [2.75, 3.05) is 11.1 Å². The predicted octanol–water partition coefficient (Wildman–Crippen LogP) is 5.50. The highest BCUT2D eigenvalue weighted by molar-refractivity contribution is 7.99. The van der Waals surface area contributed by atoms with Gasteiger partial charge in [-0.15, -0.1) is 11.3 Å². The molecule has 2 aromatic heterocycles. The summed E-state index contributed by atoms with van der Waals surface area (Å²) >= 11 is 2.54. The molecule has 0 bridgehead atoms. The molecule has 0 fully saturated rings. The van der Waals surface area contributed by atoms with Crippen LogP contribution in [0, 0.1) is 5.82 Å². The number of hydrogen-bond donors (Lipinski definition) is 1. The maximum Gasteiger partial charge on any atom is 0.272 e. The Morgan fingerprint density at radius 2 is 1.84 bits per heavy atom. The van der Waals surface area contributed by atoms with E-state index >= 15 is 0 Å². The number of aromatic nitrogens is 2. The number of halogens is 1.